The Bertz CT molecular complexity index is 339. The number of likely N-dealkylation sites (N-methyl/N-ethyl adjacent to an activating group) is 1. The second-order valence-corrected chi connectivity index (χ2v) is 3.85. The molecule has 1 aliphatic heterocycles. The van der Waals surface area contributed by atoms with Gasteiger partial charge in [0.2, 0.25) is 5.91 Å². The highest BCUT2D eigenvalue weighted by molar-refractivity contribution is 5.78. The highest BCUT2D eigenvalue weighted by atomic mass is 16.2. The second kappa shape index (κ2) is 4.40. The Morgan fingerprint density at radius 1 is 1.40 bits per heavy atom. The van der Waals surface area contributed by atoms with E-state index in [1.54, 1.807) is 11.1 Å². The summed E-state index contributed by atoms with van der Waals surface area (Å²) in [6.07, 6.45) is 1.78. The highest BCUT2D eigenvalue weighted by Gasteiger charge is 2.20. The average Bonchev–Trinajstić information content (AvgIpc) is 2.25. The second-order valence-electron chi connectivity index (χ2n) is 3.85. The van der Waals surface area contributed by atoms with Crippen molar-refractivity contribution in [3.05, 3.63) is 30.1 Å². The van der Waals surface area contributed by atoms with E-state index in [0.29, 0.717) is 6.54 Å². The minimum atomic E-state index is 0.192. The molecule has 0 spiro atoms. The van der Waals surface area contributed by atoms with Gasteiger partial charge in [-0.3, -0.25) is 14.7 Å². The molecule has 0 aromatic carbocycles. The van der Waals surface area contributed by atoms with Crippen LogP contribution in [-0.4, -0.2) is 47.4 Å². The first-order chi connectivity index (χ1) is 7.25. The van der Waals surface area contributed by atoms with Crippen LogP contribution in [-0.2, 0) is 11.3 Å². The van der Waals surface area contributed by atoms with Crippen molar-refractivity contribution in [2.24, 2.45) is 0 Å². The summed E-state index contributed by atoms with van der Waals surface area (Å²) in [6.45, 7) is 3.01. The number of pyridine rings is 1. The van der Waals surface area contributed by atoms with E-state index in [1.165, 1.54) is 0 Å². The van der Waals surface area contributed by atoms with E-state index in [2.05, 4.69) is 9.88 Å². The molecule has 1 fully saturated rings. The van der Waals surface area contributed by atoms with Gasteiger partial charge in [0.25, 0.3) is 0 Å². The Kier molecular flexibility index (Phi) is 2.97. The lowest BCUT2D eigenvalue weighted by Crippen LogP contribution is -2.48. The Balaban J connectivity index is 1.94. The number of carbonyl (C=O) groups is 1. The Morgan fingerprint density at radius 2 is 2.27 bits per heavy atom. The fourth-order valence-corrected chi connectivity index (χ4v) is 1.66. The monoisotopic (exact) mass is 205 g/mol. The zero-order valence-corrected chi connectivity index (χ0v) is 8.89. The van der Waals surface area contributed by atoms with Crippen LogP contribution < -0.4 is 0 Å². The summed E-state index contributed by atoms with van der Waals surface area (Å²) >= 11 is 0. The topological polar surface area (TPSA) is 36.4 Å². The van der Waals surface area contributed by atoms with Gasteiger partial charge in [0.15, 0.2) is 0 Å². The first-order valence-electron chi connectivity index (χ1n) is 5.12. The van der Waals surface area contributed by atoms with Gasteiger partial charge in [0.1, 0.15) is 0 Å². The number of hydrogen-bond acceptors (Lipinski definition) is 3. The van der Waals surface area contributed by atoms with Crippen molar-refractivity contribution in [3.63, 3.8) is 0 Å². The molecular weight excluding hydrogens is 190 g/mol. The smallest absolute Gasteiger partial charge is 0.236 e. The van der Waals surface area contributed by atoms with Gasteiger partial charge in [-0.25, -0.2) is 0 Å². The lowest BCUT2D eigenvalue weighted by atomic mass is 10.3. The molecule has 1 aromatic heterocycles. The van der Waals surface area contributed by atoms with Crippen molar-refractivity contribution in [1.29, 1.82) is 0 Å². The fraction of sp³-hybridized carbons (Fsp3) is 0.455. The molecule has 4 nitrogen and oxygen atoms in total. The first-order valence-corrected chi connectivity index (χ1v) is 5.12. The average molecular weight is 205 g/mol. The molecule has 80 valence electrons. The standard InChI is InChI=1S/C11H15N3O/c1-13-6-7-14(9-11(13)15)8-10-4-2-3-5-12-10/h2-5H,6-9H2,1H3. The van der Waals surface area contributed by atoms with Crippen LogP contribution in [0.1, 0.15) is 5.69 Å². The third-order valence-electron chi connectivity index (χ3n) is 2.65. The van der Waals surface area contributed by atoms with E-state index in [-0.39, 0.29) is 5.91 Å². The number of aromatic nitrogens is 1. The summed E-state index contributed by atoms with van der Waals surface area (Å²) in [6, 6.07) is 5.86. The van der Waals surface area contributed by atoms with Crippen LogP contribution in [0.3, 0.4) is 0 Å². The minimum absolute atomic E-state index is 0.192. The zero-order chi connectivity index (χ0) is 10.7. The van der Waals surface area contributed by atoms with E-state index in [9.17, 15) is 4.79 Å². The molecule has 1 aliphatic rings. The van der Waals surface area contributed by atoms with Gasteiger partial charge in [-0.1, -0.05) is 6.07 Å². The quantitative estimate of drug-likeness (QED) is 0.699. The molecule has 0 atom stereocenters. The Labute approximate surface area is 89.5 Å². The van der Waals surface area contributed by atoms with E-state index in [1.807, 2.05) is 25.2 Å². The molecule has 0 radical (unpaired) electrons. The lowest BCUT2D eigenvalue weighted by molar-refractivity contribution is -0.134. The summed E-state index contributed by atoms with van der Waals surface area (Å²) in [5.41, 5.74) is 1.02. The summed E-state index contributed by atoms with van der Waals surface area (Å²) in [5.74, 6) is 0.192. The van der Waals surface area contributed by atoms with Crippen molar-refractivity contribution in [3.8, 4) is 0 Å². The van der Waals surface area contributed by atoms with E-state index in [4.69, 9.17) is 0 Å². The van der Waals surface area contributed by atoms with Gasteiger partial charge in [-0.2, -0.15) is 0 Å². The van der Waals surface area contributed by atoms with Crippen molar-refractivity contribution in [2.75, 3.05) is 26.7 Å². The Hall–Kier alpha value is -1.42. The molecule has 15 heavy (non-hydrogen) atoms. The molecule has 0 bridgehead atoms. The minimum Gasteiger partial charge on any atom is -0.343 e. The van der Waals surface area contributed by atoms with Crippen LogP contribution in [0.25, 0.3) is 0 Å². The van der Waals surface area contributed by atoms with E-state index >= 15 is 0 Å². The molecule has 1 aromatic rings. The summed E-state index contributed by atoms with van der Waals surface area (Å²) < 4.78 is 0. The summed E-state index contributed by atoms with van der Waals surface area (Å²) in [4.78, 5) is 19.6. The van der Waals surface area contributed by atoms with Gasteiger partial charge >= 0.3 is 0 Å². The first kappa shape index (κ1) is 10.1. The molecule has 2 rings (SSSR count). The maximum absolute atomic E-state index is 11.5. The molecule has 4 heteroatoms. The maximum atomic E-state index is 11.5. The van der Waals surface area contributed by atoms with Crippen LogP contribution in [0.4, 0.5) is 0 Å². The molecule has 0 aliphatic carbocycles. The molecule has 0 unspecified atom stereocenters. The van der Waals surface area contributed by atoms with Gasteiger partial charge in [-0.05, 0) is 12.1 Å². The van der Waals surface area contributed by atoms with Crippen LogP contribution in [0.2, 0.25) is 0 Å². The van der Waals surface area contributed by atoms with Gasteiger partial charge < -0.3 is 4.90 Å². The van der Waals surface area contributed by atoms with Crippen molar-refractivity contribution < 1.29 is 4.79 Å². The largest absolute Gasteiger partial charge is 0.343 e. The van der Waals surface area contributed by atoms with Crippen LogP contribution in [0.5, 0.6) is 0 Å². The number of carbonyl (C=O) groups excluding carboxylic acids is 1. The lowest BCUT2D eigenvalue weighted by Gasteiger charge is -2.31. The van der Waals surface area contributed by atoms with E-state index < -0.39 is 0 Å². The SMILES string of the molecule is CN1CCN(Cc2ccccn2)CC1=O. The number of amides is 1. The molecule has 1 saturated heterocycles. The van der Waals surface area contributed by atoms with E-state index in [0.717, 1.165) is 25.3 Å². The molecule has 2 heterocycles. The van der Waals surface area contributed by atoms with Gasteiger partial charge in [-0.15, -0.1) is 0 Å². The Morgan fingerprint density at radius 3 is 2.93 bits per heavy atom. The molecular formula is C11H15N3O. The highest BCUT2D eigenvalue weighted by Crippen LogP contribution is 2.05. The molecule has 1 amide bonds. The number of rotatable bonds is 2. The molecule has 0 saturated carbocycles. The predicted octanol–water partition coefficient (Wildman–Crippen LogP) is 0.356. The van der Waals surface area contributed by atoms with Crippen molar-refractivity contribution >= 4 is 5.91 Å². The van der Waals surface area contributed by atoms with Gasteiger partial charge in [0, 0.05) is 32.9 Å². The molecule has 0 N–H and O–H groups in total. The van der Waals surface area contributed by atoms with Crippen LogP contribution in [0, 0.1) is 0 Å². The normalized spacial score (nSPS) is 18.2. The van der Waals surface area contributed by atoms with Crippen LogP contribution >= 0.6 is 0 Å². The van der Waals surface area contributed by atoms with Crippen molar-refractivity contribution in [2.45, 2.75) is 6.54 Å². The van der Waals surface area contributed by atoms with Gasteiger partial charge in [0.05, 0.1) is 12.2 Å². The summed E-state index contributed by atoms with van der Waals surface area (Å²) in [5, 5.41) is 0. The number of nitrogens with zero attached hydrogens (tertiary/aromatic N) is 3. The zero-order valence-electron chi connectivity index (χ0n) is 8.89. The predicted molar refractivity (Wildman–Crippen MR) is 57.2 cm³/mol. The number of piperazine rings is 1. The van der Waals surface area contributed by atoms with Crippen LogP contribution in [0.15, 0.2) is 24.4 Å². The number of hydrogen-bond donors (Lipinski definition) is 0. The maximum Gasteiger partial charge on any atom is 0.236 e. The van der Waals surface area contributed by atoms with Crippen molar-refractivity contribution in [1.82, 2.24) is 14.8 Å². The summed E-state index contributed by atoms with van der Waals surface area (Å²) in [7, 11) is 1.85. The third-order valence-corrected chi connectivity index (χ3v) is 2.65. The third kappa shape index (κ3) is 2.53. The fourth-order valence-electron chi connectivity index (χ4n) is 1.66.